The van der Waals surface area contributed by atoms with Gasteiger partial charge in [0, 0.05) is 34.1 Å². The van der Waals surface area contributed by atoms with Gasteiger partial charge in [-0.3, -0.25) is 0 Å². The number of hydrogen-bond donors (Lipinski definition) is 0. The van der Waals surface area contributed by atoms with E-state index in [1.807, 2.05) is 0 Å². The first-order chi connectivity index (χ1) is 29.3. The van der Waals surface area contributed by atoms with Crippen LogP contribution in [-0.4, -0.2) is 21.5 Å². The number of nitrogens with zero attached hydrogens (tertiary/aromatic N) is 2. The minimum atomic E-state index is -3.06. The summed E-state index contributed by atoms with van der Waals surface area (Å²) in [4.78, 5) is 5.18. The quantitative estimate of drug-likeness (QED) is 0.185. The summed E-state index contributed by atoms with van der Waals surface area (Å²) >= 11 is 0. The van der Waals surface area contributed by atoms with Gasteiger partial charge in [-0.1, -0.05) is 205 Å². The first kappa shape index (κ1) is 34.0. The third-order valence-corrected chi connectivity index (χ3v) is 17.8. The van der Waals surface area contributed by atoms with Gasteiger partial charge in [-0.25, -0.2) is 0 Å². The van der Waals surface area contributed by atoms with Crippen LogP contribution in [0.15, 0.2) is 231 Å². The van der Waals surface area contributed by atoms with Crippen LogP contribution in [0.25, 0.3) is 0 Å². The third kappa shape index (κ3) is 4.95. The molecule has 0 bridgehead atoms. The predicted molar refractivity (Wildman–Crippen MR) is 255 cm³/mol. The summed E-state index contributed by atoms with van der Waals surface area (Å²) < 4.78 is 0. The van der Waals surface area contributed by atoms with Gasteiger partial charge >= 0.3 is 0 Å². The molecular weight excluding hydrogens is 726 g/mol. The van der Waals surface area contributed by atoms with Gasteiger partial charge in [0.1, 0.15) is 0 Å². The molecule has 0 amide bonds. The molecule has 3 heterocycles. The molecule has 274 valence electrons. The number of benzene rings is 9. The molecule has 12 rings (SSSR count). The number of rotatable bonds is 7. The summed E-state index contributed by atoms with van der Waals surface area (Å²) in [6.45, 7) is 0.0898. The minimum Gasteiger partial charge on any atom is -0.313 e. The average molecular weight is 765 g/mol. The minimum absolute atomic E-state index is 0.00554. The first-order valence-electron chi connectivity index (χ1n) is 20.7. The molecule has 9 aromatic carbocycles. The van der Waals surface area contributed by atoms with Crippen molar-refractivity contribution in [3.05, 3.63) is 231 Å². The van der Waals surface area contributed by atoms with Crippen LogP contribution < -0.4 is 63.3 Å². The van der Waals surface area contributed by atoms with Gasteiger partial charge in [-0.05, 0) is 79.0 Å². The molecular formula is C54H38B2N2Si. The molecule has 0 aliphatic carbocycles. The standard InChI is InChI=1S/C54H38B2N2Si/c1-7-21-39(22-8-1)55-46-33-19-34-47-52(46)58-53-48(55)35-20-36-50(53)59(44-29-15-5-16-30-44,45-31-17-6-18-32-45)51-38-43(37-49(54(51)58)56(47)40-23-9-2-10-24-40)57(41-25-11-3-12-26-41)42-27-13-4-14-28-42/h1-38H. The zero-order chi connectivity index (χ0) is 38.9. The van der Waals surface area contributed by atoms with Gasteiger partial charge in [-0.2, -0.15) is 0 Å². The summed E-state index contributed by atoms with van der Waals surface area (Å²) in [6.07, 6.45) is 0. The Bertz CT molecular complexity index is 2920. The Labute approximate surface area is 347 Å². The fourth-order valence-electron chi connectivity index (χ4n) is 10.8. The van der Waals surface area contributed by atoms with Gasteiger partial charge in [0.15, 0.2) is 8.07 Å². The second-order valence-corrected chi connectivity index (χ2v) is 19.7. The normalized spacial score (nSPS) is 13.8. The van der Waals surface area contributed by atoms with Crippen LogP contribution in [0.2, 0.25) is 0 Å². The van der Waals surface area contributed by atoms with E-state index in [4.69, 9.17) is 0 Å². The lowest BCUT2D eigenvalue weighted by Crippen LogP contribution is -2.80. The Kier molecular flexibility index (Phi) is 7.79. The average Bonchev–Trinajstić information content (AvgIpc) is 3.31. The molecule has 5 heteroatoms. The Morgan fingerprint density at radius 2 is 0.729 bits per heavy atom. The van der Waals surface area contributed by atoms with Crippen molar-refractivity contribution in [2.75, 3.05) is 9.80 Å². The SMILES string of the molecule is c1ccc(B2c3cccc4c3N3c5c2cccc5[Si](c2ccccc2)(c2ccccc2)c2cc(N(c5ccccc5)c5ccccc5)cc(c23)B4c2ccccc2)cc1. The topological polar surface area (TPSA) is 6.48 Å². The second kappa shape index (κ2) is 13.5. The van der Waals surface area contributed by atoms with Crippen molar-refractivity contribution in [2.24, 2.45) is 0 Å². The molecule has 0 saturated heterocycles. The molecule has 0 saturated carbocycles. The van der Waals surface area contributed by atoms with Crippen LogP contribution in [0.3, 0.4) is 0 Å². The fraction of sp³-hybridized carbons (Fsp3) is 0. The molecule has 3 aliphatic heterocycles. The molecule has 0 unspecified atom stereocenters. The van der Waals surface area contributed by atoms with Gasteiger partial charge in [0.2, 0.25) is 13.4 Å². The zero-order valence-corrected chi connectivity index (χ0v) is 33.5. The lowest BCUT2D eigenvalue weighted by atomic mass is 9.30. The zero-order valence-electron chi connectivity index (χ0n) is 32.5. The Balaban J connectivity index is 1.30. The van der Waals surface area contributed by atoms with E-state index in [9.17, 15) is 0 Å². The van der Waals surface area contributed by atoms with Crippen LogP contribution in [0.4, 0.5) is 34.1 Å². The fourth-order valence-corrected chi connectivity index (χ4v) is 16.0. The van der Waals surface area contributed by atoms with Crippen LogP contribution in [0, 0.1) is 0 Å². The van der Waals surface area contributed by atoms with Crippen molar-refractivity contribution in [1.82, 2.24) is 0 Å². The van der Waals surface area contributed by atoms with Crippen LogP contribution in [-0.2, 0) is 0 Å². The molecule has 2 nitrogen and oxygen atoms in total. The van der Waals surface area contributed by atoms with Crippen LogP contribution >= 0.6 is 0 Å². The molecule has 3 aliphatic rings. The summed E-state index contributed by atoms with van der Waals surface area (Å²) in [7, 11) is -3.06. The number of anilines is 6. The maximum Gasteiger partial charge on any atom is 0.246 e. The summed E-state index contributed by atoms with van der Waals surface area (Å²) in [5.74, 6) is 0. The summed E-state index contributed by atoms with van der Waals surface area (Å²) in [5, 5.41) is 5.64. The van der Waals surface area contributed by atoms with Gasteiger partial charge in [0.25, 0.3) is 0 Å². The largest absolute Gasteiger partial charge is 0.313 e. The third-order valence-electron chi connectivity index (χ3n) is 13.0. The van der Waals surface area contributed by atoms with E-state index in [2.05, 4.69) is 240 Å². The van der Waals surface area contributed by atoms with E-state index < -0.39 is 8.07 Å². The highest BCUT2D eigenvalue weighted by Crippen LogP contribution is 2.43. The molecule has 9 aromatic rings. The van der Waals surface area contributed by atoms with Gasteiger partial charge in [-0.15, -0.1) is 0 Å². The second-order valence-electron chi connectivity index (χ2n) is 16.0. The van der Waals surface area contributed by atoms with E-state index in [0.29, 0.717) is 0 Å². The van der Waals surface area contributed by atoms with Crippen molar-refractivity contribution >= 4 is 109 Å². The number of hydrogen-bond acceptors (Lipinski definition) is 2. The Morgan fingerprint density at radius 1 is 0.322 bits per heavy atom. The highest BCUT2D eigenvalue weighted by Gasteiger charge is 2.55. The van der Waals surface area contributed by atoms with Crippen molar-refractivity contribution in [3.8, 4) is 0 Å². The highest BCUT2D eigenvalue weighted by molar-refractivity contribution is 7.22. The van der Waals surface area contributed by atoms with Crippen LogP contribution in [0.1, 0.15) is 0 Å². The van der Waals surface area contributed by atoms with E-state index in [1.54, 1.807) is 0 Å². The molecule has 0 fully saturated rings. The van der Waals surface area contributed by atoms with E-state index in [1.165, 1.54) is 76.3 Å². The number of para-hydroxylation sites is 4. The predicted octanol–water partition coefficient (Wildman–Crippen LogP) is 5.98. The summed E-state index contributed by atoms with van der Waals surface area (Å²) in [6, 6.07) is 86.7. The Hall–Kier alpha value is -7.07. The van der Waals surface area contributed by atoms with E-state index in [-0.39, 0.29) is 13.4 Å². The maximum absolute atomic E-state index is 3.06. The van der Waals surface area contributed by atoms with Crippen molar-refractivity contribution in [2.45, 2.75) is 0 Å². The van der Waals surface area contributed by atoms with E-state index >= 15 is 0 Å². The van der Waals surface area contributed by atoms with E-state index in [0.717, 1.165) is 11.4 Å². The van der Waals surface area contributed by atoms with Crippen molar-refractivity contribution in [3.63, 3.8) is 0 Å². The van der Waals surface area contributed by atoms with Crippen LogP contribution in [0.5, 0.6) is 0 Å². The molecule has 0 spiro atoms. The van der Waals surface area contributed by atoms with Crippen molar-refractivity contribution < 1.29 is 0 Å². The highest BCUT2D eigenvalue weighted by atomic mass is 28.3. The van der Waals surface area contributed by atoms with Crippen molar-refractivity contribution in [1.29, 1.82) is 0 Å². The Morgan fingerprint density at radius 3 is 1.24 bits per heavy atom. The van der Waals surface area contributed by atoms with Gasteiger partial charge in [0.05, 0.1) is 0 Å². The molecule has 0 N–H and O–H groups in total. The monoisotopic (exact) mass is 764 g/mol. The lowest BCUT2D eigenvalue weighted by Gasteiger charge is -2.53. The maximum atomic E-state index is 2.72. The van der Waals surface area contributed by atoms with Gasteiger partial charge < -0.3 is 9.80 Å². The lowest BCUT2D eigenvalue weighted by molar-refractivity contribution is 1.27. The summed E-state index contributed by atoms with van der Waals surface area (Å²) in [5.41, 5.74) is 15.5. The molecule has 0 atom stereocenters. The molecule has 0 radical (unpaired) electrons. The smallest absolute Gasteiger partial charge is 0.246 e. The first-order valence-corrected chi connectivity index (χ1v) is 22.7. The molecule has 0 aromatic heterocycles. The molecule has 59 heavy (non-hydrogen) atoms.